The van der Waals surface area contributed by atoms with Crippen molar-refractivity contribution in [1.29, 1.82) is 0 Å². The van der Waals surface area contributed by atoms with E-state index in [1.54, 1.807) is 0 Å². The van der Waals surface area contributed by atoms with Gasteiger partial charge in [-0.3, -0.25) is 9.89 Å². The molecule has 21 heavy (non-hydrogen) atoms. The summed E-state index contributed by atoms with van der Waals surface area (Å²) in [5.41, 5.74) is 2.68. The van der Waals surface area contributed by atoms with Gasteiger partial charge in [-0.25, -0.2) is 0 Å². The molecule has 1 aromatic heterocycles. The Bertz CT molecular complexity index is 775. The number of nitrogens with zero attached hydrogens (tertiary/aromatic N) is 3. The van der Waals surface area contributed by atoms with E-state index in [1.165, 1.54) is 12.1 Å². The van der Waals surface area contributed by atoms with E-state index in [-0.39, 0.29) is 5.91 Å². The Labute approximate surface area is 122 Å². The van der Waals surface area contributed by atoms with Crippen molar-refractivity contribution in [3.63, 3.8) is 0 Å². The number of aromatic amines is 1. The third kappa shape index (κ3) is 1.46. The molecule has 2 unspecified atom stereocenters. The normalized spacial score (nSPS) is 26.6. The molecule has 3 aliphatic rings. The molecule has 1 amide bonds. The second-order valence-electron chi connectivity index (χ2n) is 6.22. The highest BCUT2D eigenvalue weighted by Gasteiger charge is 2.46. The Kier molecular flexibility index (Phi) is 2.10. The summed E-state index contributed by atoms with van der Waals surface area (Å²) < 4.78 is 0. The molecule has 3 aliphatic heterocycles. The molecule has 1 N–H and O–H groups in total. The zero-order valence-electron chi connectivity index (χ0n) is 11.6. The molecule has 0 radical (unpaired) electrons. The van der Waals surface area contributed by atoms with Crippen molar-refractivity contribution in [3.8, 4) is 0 Å². The smallest absolute Gasteiger partial charge is 0.279 e. The predicted molar refractivity (Wildman–Crippen MR) is 78.4 cm³/mol. The SMILES string of the molecule is O=C(c1n[nH]c2ccccc12)N1C2=CN3CCC2CC1C3. The molecule has 0 saturated carbocycles. The number of para-hydroxylation sites is 1. The minimum atomic E-state index is 0.0488. The van der Waals surface area contributed by atoms with Crippen LogP contribution in [-0.2, 0) is 0 Å². The van der Waals surface area contributed by atoms with E-state index in [2.05, 4.69) is 21.3 Å². The van der Waals surface area contributed by atoms with Crippen LogP contribution >= 0.6 is 0 Å². The van der Waals surface area contributed by atoms with Crippen LogP contribution in [0.25, 0.3) is 10.9 Å². The number of aromatic nitrogens is 2. The Morgan fingerprint density at radius 3 is 3.19 bits per heavy atom. The zero-order valence-corrected chi connectivity index (χ0v) is 11.6. The number of hydrogen-bond acceptors (Lipinski definition) is 3. The first-order valence-electron chi connectivity index (χ1n) is 7.54. The van der Waals surface area contributed by atoms with Gasteiger partial charge in [-0.2, -0.15) is 5.10 Å². The molecule has 5 heteroatoms. The van der Waals surface area contributed by atoms with Crippen molar-refractivity contribution < 1.29 is 4.79 Å². The fourth-order valence-electron chi connectivity index (χ4n) is 4.06. The molecular weight excluding hydrogens is 264 g/mol. The number of hydrogen-bond donors (Lipinski definition) is 1. The van der Waals surface area contributed by atoms with Crippen LogP contribution in [-0.4, -0.2) is 45.0 Å². The topological polar surface area (TPSA) is 52.2 Å². The van der Waals surface area contributed by atoms with Crippen LogP contribution in [0.5, 0.6) is 0 Å². The third-order valence-electron chi connectivity index (χ3n) is 5.03. The first-order chi connectivity index (χ1) is 10.3. The van der Waals surface area contributed by atoms with Crippen molar-refractivity contribution in [1.82, 2.24) is 20.0 Å². The van der Waals surface area contributed by atoms with Gasteiger partial charge in [0.05, 0.1) is 11.6 Å². The van der Waals surface area contributed by atoms with Crippen LogP contribution in [0.15, 0.2) is 36.2 Å². The summed E-state index contributed by atoms with van der Waals surface area (Å²) >= 11 is 0. The number of allylic oxidation sites excluding steroid dienone is 1. The van der Waals surface area contributed by atoms with E-state index in [0.29, 0.717) is 17.7 Å². The maximum absolute atomic E-state index is 13.0. The average Bonchev–Trinajstić information content (AvgIpc) is 2.96. The lowest BCUT2D eigenvalue weighted by molar-refractivity contribution is 0.0716. The lowest BCUT2D eigenvalue weighted by Crippen LogP contribution is -2.46. The largest absolute Gasteiger partial charge is 0.374 e. The van der Waals surface area contributed by atoms with Crippen molar-refractivity contribution in [2.75, 3.05) is 13.1 Å². The molecule has 1 fully saturated rings. The summed E-state index contributed by atoms with van der Waals surface area (Å²) in [4.78, 5) is 17.4. The number of carbonyl (C=O) groups is 1. The van der Waals surface area contributed by atoms with Gasteiger partial charge in [-0.1, -0.05) is 18.2 Å². The minimum absolute atomic E-state index is 0.0488. The van der Waals surface area contributed by atoms with Gasteiger partial charge in [0.1, 0.15) is 0 Å². The number of rotatable bonds is 1. The molecule has 5 nitrogen and oxygen atoms in total. The molecule has 106 valence electrons. The van der Waals surface area contributed by atoms with Crippen LogP contribution in [0.2, 0.25) is 0 Å². The number of fused-ring (bicyclic) bond motifs is 3. The van der Waals surface area contributed by atoms with Gasteiger partial charge in [0.25, 0.3) is 5.91 Å². The number of nitrogens with one attached hydrogen (secondary N) is 1. The summed E-state index contributed by atoms with van der Waals surface area (Å²) in [6, 6.07) is 8.14. The summed E-state index contributed by atoms with van der Waals surface area (Å²) in [6.07, 6.45) is 4.47. The first kappa shape index (κ1) is 11.4. The Morgan fingerprint density at radius 1 is 1.33 bits per heavy atom. The molecule has 5 rings (SSSR count). The molecule has 1 aromatic carbocycles. The standard InChI is InChI=1S/C16H16N4O/c21-16(15-12-3-1-2-4-13(12)17-18-15)20-11-7-10-5-6-19(8-11)9-14(10)20/h1-4,9-11H,5-8H2,(H,17,18). The van der Waals surface area contributed by atoms with Crippen molar-refractivity contribution in [2.45, 2.75) is 18.9 Å². The average molecular weight is 280 g/mol. The van der Waals surface area contributed by atoms with Gasteiger partial charge in [0, 0.05) is 36.3 Å². The molecule has 4 heterocycles. The zero-order chi connectivity index (χ0) is 14.0. The number of benzene rings is 1. The van der Waals surface area contributed by atoms with E-state index in [4.69, 9.17) is 0 Å². The van der Waals surface area contributed by atoms with Crippen LogP contribution in [0, 0.1) is 5.92 Å². The second-order valence-corrected chi connectivity index (χ2v) is 6.22. The molecule has 0 spiro atoms. The number of H-pyrrole nitrogens is 1. The van der Waals surface area contributed by atoms with Gasteiger partial charge in [-0.05, 0) is 18.9 Å². The first-order valence-corrected chi connectivity index (χ1v) is 7.54. The quantitative estimate of drug-likeness (QED) is 0.868. The molecular formula is C16H16N4O. The molecule has 3 bridgehead atoms. The fraction of sp³-hybridized carbons (Fsp3) is 0.375. The number of carbonyl (C=O) groups excluding carboxylic acids is 1. The third-order valence-corrected chi connectivity index (χ3v) is 5.03. The summed E-state index contributed by atoms with van der Waals surface area (Å²) in [6.45, 7) is 2.10. The van der Waals surface area contributed by atoms with Crippen molar-refractivity contribution >= 4 is 16.8 Å². The Morgan fingerprint density at radius 2 is 2.24 bits per heavy atom. The van der Waals surface area contributed by atoms with Gasteiger partial charge in [-0.15, -0.1) is 0 Å². The van der Waals surface area contributed by atoms with Gasteiger partial charge in [0.2, 0.25) is 0 Å². The van der Waals surface area contributed by atoms with Crippen molar-refractivity contribution in [3.05, 3.63) is 41.9 Å². The number of amides is 1. The molecule has 2 aromatic rings. The summed E-state index contributed by atoms with van der Waals surface area (Å²) in [7, 11) is 0. The monoisotopic (exact) mass is 280 g/mol. The highest BCUT2D eigenvalue weighted by Crippen LogP contribution is 2.43. The van der Waals surface area contributed by atoms with Gasteiger partial charge in [0.15, 0.2) is 5.69 Å². The highest BCUT2D eigenvalue weighted by atomic mass is 16.2. The van der Waals surface area contributed by atoms with E-state index in [1.807, 2.05) is 29.2 Å². The van der Waals surface area contributed by atoms with Crippen LogP contribution in [0.4, 0.5) is 0 Å². The lowest BCUT2D eigenvalue weighted by atomic mass is 9.99. The maximum atomic E-state index is 13.0. The minimum Gasteiger partial charge on any atom is -0.374 e. The van der Waals surface area contributed by atoms with E-state index in [9.17, 15) is 4.79 Å². The maximum Gasteiger partial charge on any atom is 0.279 e. The Balaban J connectivity index is 1.60. The second kappa shape index (κ2) is 3.87. The van der Waals surface area contributed by atoms with Crippen LogP contribution in [0.1, 0.15) is 23.3 Å². The predicted octanol–water partition coefficient (Wildman–Crippen LogP) is 1.95. The van der Waals surface area contributed by atoms with E-state index >= 15 is 0 Å². The van der Waals surface area contributed by atoms with Crippen molar-refractivity contribution in [2.24, 2.45) is 5.92 Å². The summed E-state index contributed by atoms with van der Waals surface area (Å²) in [5.74, 6) is 0.607. The lowest BCUT2D eigenvalue weighted by Gasteiger charge is -2.38. The summed E-state index contributed by atoms with van der Waals surface area (Å²) in [5, 5.41) is 8.15. The fourth-order valence-corrected chi connectivity index (χ4v) is 4.06. The van der Waals surface area contributed by atoms with E-state index in [0.717, 1.165) is 30.4 Å². The molecule has 1 saturated heterocycles. The van der Waals surface area contributed by atoms with E-state index < -0.39 is 0 Å². The highest BCUT2D eigenvalue weighted by molar-refractivity contribution is 6.05. The van der Waals surface area contributed by atoms with Crippen LogP contribution in [0.3, 0.4) is 0 Å². The Hall–Kier alpha value is -2.30. The molecule has 0 aliphatic carbocycles. The molecule has 2 atom stereocenters. The van der Waals surface area contributed by atoms with Crippen LogP contribution < -0.4 is 0 Å². The van der Waals surface area contributed by atoms with Gasteiger partial charge >= 0.3 is 0 Å². The van der Waals surface area contributed by atoms with Gasteiger partial charge < -0.3 is 9.80 Å².